The molecule has 3 aromatic rings. The quantitative estimate of drug-likeness (QED) is 0.111. The zero-order valence-corrected chi connectivity index (χ0v) is 40.8. The number of amides is 5. The highest BCUT2D eigenvalue weighted by molar-refractivity contribution is 6.30. The van der Waals surface area contributed by atoms with Crippen LogP contribution in [0, 0.1) is 39.8 Å². The number of benzene rings is 2. The molecule has 374 valence electrons. The van der Waals surface area contributed by atoms with E-state index < -0.39 is 64.0 Å². The van der Waals surface area contributed by atoms with Crippen LogP contribution in [0.3, 0.4) is 0 Å². The summed E-state index contributed by atoms with van der Waals surface area (Å²) in [6.45, 7) is 7.86. The van der Waals surface area contributed by atoms with Crippen molar-refractivity contribution in [2.24, 2.45) is 22.2 Å². The second-order valence-corrected chi connectivity index (χ2v) is 23.5. The van der Waals surface area contributed by atoms with Gasteiger partial charge in [0.25, 0.3) is 5.91 Å². The third kappa shape index (κ3) is 7.99. The minimum Gasteiger partial charge on any atom is -0.384 e. The maximum atomic E-state index is 16.4. The summed E-state index contributed by atoms with van der Waals surface area (Å²) in [5, 5.41) is 12.5. The molecule has 4 aliphatic carbocycles. The first-order valence-electron chi connectivity index (χ1n) is 25.1. The van der Waals surface area contributed by atoms with Gasteiger partial charge in [-0.1, -0.05) is 62.4 Å². The fourth-order valence-electron chi connectivity index (χ4n) is 13.9. The summed E-state index contributed by atoms with van der Waals surface area (Å²) in [6, 6.07) is 8.99. The predicted molar refractivity (Wildman–Crippen MR) is 255 cm³/mol. The average molecular weight is 997 g/mol. The lowest BCUT2D eigenvalue weighted by molar-refractivity contribution is -0.153. The average Bonchev–Trinajstić information content (AvgIpc) is 3.55. The molecule has 1 aromatic heterocycles. The Morgan fingerprint density at radius 1 is 1.00 bits per heavy atom. The lowest BCUT2D eigenvalue weighted by Crippen LogP contribution is -2.62. The van der Waals surface area contributed by atoms with Crippen LogP contribution in [0.15, 0.2) is 48.7 Å². The van der Waals surface area contributed by atoms with Gasteiger partial charge in [-0.2, -0.15) is 13.2 Å². The van der Waals surface area contributed by atoms with Crippen LogP contribution in [-0.4, -0.2) is 87.6 Å². The van der Waals surface area contributed by atoms with E-state index in [1.54, 1.807) is 24.3 Å². The molecule has 2 aromatic carbocycles. The van der Waals surface area contributed by atoms with Crippen molar-refractivity contribution >= 4 is 46.8 Å². The molecule has 17 heteroatoms. The van der Waals surface area contributed by atoms with Crippen LogP contribution in [0.25, 0.3) is 0 Å². The number of nitrogens with zero attached hydrogens (tertiary/aromatic N) is 3. The van der Waals surface area contributed by atoms with Gasteiger partial charge in [-0.25, -0.2) is 4.39 Å². The number of likely N-dealkylation sites (tertiary alicyclic amines) is 1. The molecule has 2 bridgehead atoms. The van der Waals surface area contributed by atoms with Gasteiger partial charge in [0.2, 0.25) is 23.6 Å². The van der Waals surface area contributed by atoms with Gasteiger partial charge >= 0.3 is 6.18 Å². The molecule has 7 fully saturated rings. The second kappa shape index (κ2) is 16.8. The van der Waals surface area contributed by atoms with E-state index in [2.05, 4.69) is 63.8 Å². The number of hydrogen-bond donors (Lipinski definition) is 4. The molecule has 2 spiro atoms. The largest absolute Gasteiger partial charge is 0.433 e. The normalized spacial score (nSPS) is 32.8. The highest BCUT2D eigenvalue weighted by Crippen LogP contribution is 2.60. The molecule has 3 saturated heterocycles. The number of carbonyl (C=O) groups excluding carboxylic acids is 5. The van der Waals surface area contributed by atoms with Crippen LogP contribution >= 0.6 is 11.6 Å². The number of fused-ring (bicyclic) bond motifs is 6. The number of piperidine rings is 2. The Kier molecular flexibility index (Phi) is 11.3. The Balaban J connectivity index is 0.786. The summed E-state index contributed by atoms with van der Waals surface area (Å²) in [7, 11) is 0. The number of carbonyl (C=O) groups is 5. The Bertz CT molecular complexity index is 2830. The van der Waals surface area contributed by atoms with E-state index in [-0.39, 0.29) is 82.6 Å². The number of halogens is 5. The Labute approximate surface area is 415 Å². The molecular weight excluding hydrogens is 938 g/mol. The molecule has 5 amide bonds. The molecule has 12 nitrogen and oxygen atoms in total. The Morgan fingerprint density at radius 2 is 1.75 bits per heavy atom. The van der Waals surface area contributed by atoms with Crippen molar-refractivity contribution in [3.05, 3.63) is 93.0 Å². The van der Waals surface area contributed by atoms with Crippen molar-refractivity contribution in [3.8, 4) is 11.8 Å². The predicted octanol–water partition coefficient (Wildman–Crippen LogP) is 7.77. The van der Waals surface area contributed by atoms with Gasteiger partial charge in [-0.15, -0.1) is 0 Å². The number of imide groups is 1. The van der Waals surface area contributed by atoms with Crippen LogP contribution in [0.1, 0.15) is 142 Å². The van der Waals surface area contributed by atoms with E-state index in [9.17, 15) is 32.3 Å². The first kappa shape index (κ1) is 47.8. The lowest BCUT2D eigenvalue weighted by Gasteiger charge is -2.54. The topological polar surface area (TPSA) is 153 Å². The third-order valence-electron chi connectivity index (χ3n) is 17.7. The molecule has 1 unspecified atom stereocenters. The van der Waals surface area contributed by atoms with Crippen LogP contribution in [-0.2, 0) is 37.3 Å². The number of aromatic nitrogens is 1. The SMILES string of the molecule is CC(C)(C)C[C@@H]1N[C@@H](C(=O)NC23CCC(C(=O)N4CCC[C@@]5(C[C@@H]5C#Cc5cccc6c5CN(C5CCC(=O)NC5=O)C6=O)C4)(CC2)CC3)[C@H](c2cccc(Cl)c2F)[C@]12CNc1cc(C(F)(F)F)ncc12. The Hall–Kier alpha value is -5.53. The van der Waals surface area contributed by atoms with Crippen LogP contribution in [0.5, 0.6) is 0 Å². The van der Waals surface area contributed by atoms with E-state index in [0.29, 0.717) is 69.2 Å². The van der Waals surface area contributed by atoms with Gasteiger partial charge in [0.1, 0.15) is 17.6 Å². The second-order valence-electron chi connectivity index (χ2n) is 23.1. The number of alkyl halides is 3. The van der Waals surface area contributed by atoms with E-state index in [1.165, 1.54) is 17.2 Å². The van der Waals surface area contributed by atoms with Gasteiger partial charge in [-0.3, -0.25) is 34.3 Å². The molecule has 4 saturated carbocycles. The van der Waals surface area contributed by atoms with E-state index in [4.69, 9.17) is 11.6 Å². The first-order chi connectivity index (χ1) is 33.6. The summed E-state index contributed by atoms with van der Waals surface area (Å²) in [5.74, 6) is 4.23. The van der Waals surface area contributed by atoms with Crippen molar-refractivity contribution in [3.63, 3.8) is 0 Å². The third-order valence-corrected chi connectivity index (χ3v) is 18.0. The maximum Gasteiger partial charge on any atom is 0.433 e. The molecular formula is C54H58ClF4N7O5. The molecule has 6 heterocycles. The van der Waals surface area contributed by atoms with Gasteiger partial charge < -0.3 is 25.8 Å². The minimum absolute atomic E-state index is 0.0908. The number of nitrogens with one attached hydrogen (secondary N) is 4. The van der Waals surface area contributed by atoms with Gasteiger partial charge in [0.15, 0.2) is 0 Å². The number of pyridine rings is 1. The minimum atomic E-state index is -4.68. The number of rotatable bonds is 6. The fraction of sp³-hybridized carbons (Fsp3) is 0.556. The molecule has 7 atom stereocenters. The zero-order chi connectivity index (χ0) is 50.0. The van der Waals surface area contributed by atoms with Crippen LogP contribution < -0.4 is 21.3 Å². The van der Waals surface area contributed by atoms with E-state index >= 15 is 9.18 Å². The smallest absolute Gasteiger partial charge is 0.384 e. The zero-order valence-electron chi connectivity index (χ0n) is 40.1. The van der Waals surface area contributed by atoms with Gasteiger partial charge in [0.05, 0.1) is 11.1 Å². The molecule has 4 N–H and O–H groups in total. The summed E-state index contributed by atoms with van der Waals surface area (Å²) in [6.07, 6.45) is 3.87. The van der Waals surface area contributed by atoms with Crippen molar-refractivity contribution in [1.82, 2.24) is 30.7 Å². The van der Waals surface area contributed by atoms with Gasteiger partial charge in [-0.05, 0) is 111 Å². The summed E-state index contributed by atoms with van der Waals surface area (Å²) in [5.41, 5.74) is -0.664. The molecule has 5 aliphatic heterocycles. The van der Waals surface area contributed by atoms with Gasteiger partial charge in [0, 0.05) is 101 Å². The molecule has 12 rings (SSSR count). The van der Waals surface area contributed by atoms with Crippen LogP contribution in [0.4, 0.5) is 23.2 Å². The summed E-state index contributed by atoms with van der Waals surface area (Å²) in [4.78, 5) is 75.1. The maximum absolute atomic E-state index is 16.4. The number of anilines is 1. The van der Waals surface area contributed by atoms with Crippen molar-refractivity contribution in [1.29, 1.82) is 0 Å². The van der Waals surface area contributed by atoms with Crippen molar-refractivity contribution < 1.29 is 41.5 Å². The Morgan fingerprint density at radius 3 is 2.46 bits per heavy atom. The van der Waals surface area contributed by atoms with E-state index in [0.717, 1.165) is 36.5 Å². The highest BCUT2D eigenvalue weighted by atomic mass is 35.5. The number of hydrogen-bond acceptors (Lipinski definition) is 8. The van der Waals surface area contributed by atoms with Crippen molar-refractivity contribution in [2.45, 2.75) is 146 Å². The monoisotopic (exact) mass is 995 g/mol. The fourth-order valence-corrected chi connectivity index (χ4v) is 14.1. The standard InChI is InChI=1S/C54H58ClF4N7O5/c1-49(2,3)25-40-53(28-61-37-23-39(54(57,58)59)60-26-35(37)53)42(33-9-5-10-36(55)43(33)56)44(62-40)46(69)64-52-19-16-50(17-20-52,18-21-52)48(71)65-22-6-15-51(29-65)24-31(51)12-11-30-7-4-8-32-34(30)27-66(47(32)70)38-13-14-41(67)63-45(38)68/h4-5,7-10,23,26,31,38,40,42,44,61-62H,6,13-22,24-25,27-29H2,1-3H3,(H,64,69)(H,63,67,68)/t31-,38?,40-,42-,44+,50?,51+,52?,53-/m0/s1. The molecule has 9 aliphatic rings. The van der Waals surface area contributed by atoms with E-state index in [1.807, 2.05) is 6.07 Å². The molecule has 71 heavy (non-hydrogen) atoms. The van der Waals surface area contributed by atoms with Crippen LogP contribution in [0.2, 0.25) is 5.02 Å². The highest BCUT2D eigenvalue weighted by Gasteiger charge is 2.64. The summed E-state index contributed by atoms with van der Waals surface area (Å²) < 4.78 is 58.3. The van der Waals surface area contributed by atoms with Crippen molar-refractivity contribution in [2.75, 3.05) is 25.0 Å². The first-order valence-corrected chi connectivity index (χ1v) is 25.4. The lowest BCUT2D eigenvalue weighted by atomic mass is 9.56. The molecule has 0 radical (unpaired) electrons. The summed E-state index contributed by atoms with van der Waals surface area (Å²) >= 11 is 6.43.